The van der Waals surface area contributed by atoms with E-state index in [4.69, 9.17) is 103 Å². The molecule has 28 nitrogen and oxygen atoms in total. The van der Waals surface area contributed by atoms with E-state index in [-0.39, 0.29) is 165 Å². The van der Waals surface area contributed by atoms with Crippen molar-refractivity contribution in [1.29, 1.82) is 0 Å². The molecule has 2 aliphatic heterocycles. The molecule has 10 heterocycles. The van der Waals surface area contributed by atoms with Gasteiger partial charge >= 0.3 is 0 Å². The smallest absolute Gasteiger partial charge is 0.260 e. The van der Waals surface area contributed by atoms with E-state index >= 15 is 17.6 Å². The molecule has 4 aromatic carbocycles. The Morgan fingerprint density at radius 2 is 0.684 bits per heavy atom. The first-order valence-corrected chi connectivity index (χ1v) is 47.1. The van der Waals surface area contributed by atoms with Gasteiger partial charge in [0.15, 0.2) is 23.3 Å². The Kier molecular flexibility index (Phi) is 32.0. The molecule has 38 heteroatoms. The number of ether oxygens (including phenoxy) is 4. The number of carbonyl (C=O) groups is 4. The predicted octanol–water partition coefficient (Wildman–Crippen LogP) is 20.6. The number of nitrogens with zero attached hydrogens (tertiary/aromatic N) is 14. The van der Waals surface area contributed by atoms with Crippen molar-refractivity contribution < 1.29 is 64.5 Å². The predicted molar refractivity (Wildman–Crippen MR) is 518 cm³/mol. The second kappa shape index (κ2) is 42.1. The van der Waals surface area contributed by atoms with Crippen molar-refractivity contribution in [2.75, 3.05) is 55.7 Å². The molecular formula is C98H120Cl4F6N20O8. The lowest BCUT2D eigenvalue weighted by Crippen LogP contribution is -2.43. The fourth-order valence-electron chi connectivity index (χ4n) is 17.5. The van der Waals surface area contributed by atoms with Crippen LogP contribution < -0.4 is 52.5 Å². The molecule has 4 amide bonds. The summed E-state index contributed by atoms with van der Waals surface area (Å²) in [6.45, 7) is 39.7. The number of halogens is 10. The number of carbonyl (C=O) groups excluding carboxylic acids is 4. The number of benzene rings is 4. The molecule has 10 N–H and O–H groups in total. The van der Waals surface area contributed by atoms with E-state index in [9.17, 15) is 28.0 Å². The minimum Gasteiger partial charge on any atom is -0.490 e. The molecule has 0 bridgehead atoms. The highest BCUT2D eigenvalue weighted by atomic mass is 35.5. The summed E-state index contributed by atoms with van der Waals surface area (Å²) in [6, 6.07) is 5.98. The van der Waals surface area contributed by atoms with E-state index in [0.717, 1.165) is 25.0 Å². The van der Waals surface area contributed by atoms with Gasteiger partial charge in [0.1, 0.15) is 125 Å². The first kappa shape index (κ1) is 103. The number of amides is 4. The van der Waals surface area contributed by atoms with E-state index in [1.165, 1.54) is 47.9 Å². The Balaban J connectivity index is 0.000000163. The number of nitrogens with two attached hydrogens (primary N) is 4. The van der Waals surface area contributed by atoms with Crippen LogP contribution in [0, 0.1) is 62.8 Å². The van der Waals surface area contributed by atoms with E-state index < -0.39 is 70.1 Å². The van der Waals surface area contributed by atoms with Gasteiger partial charge in [0, 0.05) is 134 Å². The lowest BCUT2D eigenvalue weighted by molar-refractivity contribution is 0.0484. The zero-order valence-corrected chi connectivity index (χ0v) is 83.4. The van der Waals surface area contributed by atoms with Crippen molar-refractivity contribution in [2.24, 2.45) is 11.8 Å². The number of aromatic nitrogens is 12. The average Bonchev–Trinajstić information content (AvgIpc) is 1.37. The number of imidazole rings is 4. The van der Waals surface area contributed by atoms with Crippen LogP contribution in [0.5, 0.6) is 23.0 Å². The Labute approximate surface area is 807 Å². The number of rotatable bonds is 23. The number of likely N-dealkylation sites (tertiary alicyclic amines) is 2. The van der Waals surface area contributed by atoms with Crippen molar-refractivity contribution >= 4 is 115 Å². The van der Waals surface area contributed by atoms with E-state index in [2.05, 4.69) is 42.5 Å². The largest absolute Gasteiger partial charge is 0.490 e. The van der Waals surface area contributed by atoms with Gasteiger partial charge in [0.25, 0.3) is 23.6 Å². The van der Waals surface area contributed by atoms with Crippen LogP contribution in [0.15, 0.2) is 73.8 Å². The Bertz CT molecular complexity index is 6300. The van der Waals surface area contributed by atoms with Crippen LogP contribution in [0.2, 0.25) is 20.1 Å². The summed E-state index contributed by atoms with van der Waals surface area (Å²) in [5.41, 5.74) is 28.5. The van der Waals surface area contributed by atoms with Gasteiger partial charge in [-0.1, -0.05) is 94.9 Å². The number of aryl methyl sites for hydroxylation is 4. The highest BCUT2D eigenvalue weighted by Crippen LogP contribution is 2.47. The molecule has 0 spiro atoms. The third-order valence-corrected chi connectivity index (χ3v) is 25.6. The molecule has 12 aromatic rings. The van der Waals surface area contributed by atoms with Gasteiger partial charge in [-0.2, -0.15) is 0 Å². The zero-order chi connectivity index (χ0) is 99.8. The number of anilines is 4. The molecule has 8 aromatic heterocycles. The molecule has 730 valence electrons. The number of hydrogen-bond donors (Lipinski definition) is 6. The van der Waals surface area contributed by atoms with E-state index in [1.807, 2.05) is 115 Å². The normalized spacial score (nSPS) is 16.3. The third-order valence-electron chi connectivity index (χ3n) is 24.5. The molecule has 0 radical (unpaired) electrons. The van der Waals surface area contributed by atoms with E-state index in [0.29, 0.717) is 120 Å². The molecular weight excluding hydrogens is 1840 g/mol. The number of alkyl halides is 2. The van der Waals surface area contributed by atoms with Gasteiger partial charge in [-0.25, -0.2) is 66.2 Å². The van der Waals surface area contributed by atoms with Gasteiger partial charge in [0.05, 0.1) is 67.3 Å². The minimum atomic E-state index is -1.35. The highest BCUT2D eigenvalue weighted by molar-refractivity contribution is 6.32. The number of nitrogens with one attached hydrogen (secondary N) is 2. The summed E-state index contributed by atoms with van der Waals surface area (Å²) in [7, 11) is 0. The van der Waals surface area contributed by atoms with Crippen LogP contribution in [-0.4, -0.2) is 165 Å². The molecule has 1 saturated carbocycles. The summed E-state index contributed by atoms with van der Waals surface area (Å²) in [5, 5.41) is 5.07. The SMILES string of the molecule is Cc1nc(C(C)c2cc(Cl)c(F)c(C(=O)NCC(C)C)c2OC(C)C)n2ccnc(N)c12.Cc1nc([C@@H](C)c2cc(Cl)c(F)c(C(=O)N3CCC(C)(F)CC3)c2OC(C)C)n2ccnc(N)c12.Cc1nc([C@@H](C)c2cc(Cl)c(F)c(C(=O)N[C@H]3CC[C@@H](C)C3)c2OC(C)C)n2ccnc(N)c12.Cc1nc([C@H](C)c2cc(Cl)c(F)c(C(=O)N3CCC(C)(F)CC3)c2OC(C)C)n2ccnc(N)c12. The van der Waals surface area contributed by atoms with Crippen LogP contribution >= 0.6 is 46.4 Å². The number of hydrogen-bond acceptors (Lipinski definition) is 20. The second-order valence-electron chi connectivity index (χ2n) is 37.4. The van der Waals surface area contributed by atoms with Crippen molar-refractivity contribution in [3.63, 3.8) is 0 Å². The molecule has 15 rings (SSSR count). The van der Waals surface area contributed by atoms with Gasteiger partial charge in [-0.05, 0) is 178 Å². The van der Waals surface area contributed by atoms with Crippen molar-refractivity contribution in [1.82, 2.24) is 77.9 Å². The molecule has 2 saturated heterocycles. The fourth-order valence-corrected chi connectivity index (χ4v) is 18.4. The van der Waals surface area contributed by atoms with Crippen LogP contribution in [0.3, 0.4) is 0 Å². The van der Waals surface area contributed by atoms with Gasteiger partial charge in [-0.3, -0.25) is 36.8 Å². The quantitative estimate of drug-likeness (QED) is 0.0324. The van der Waals surface area contributed by atoms with E-state index in [1.54, 1.807) is 77.3 Å². The summed E-state index contributed by atoms with van der Waals surface area (Å²) in [6.07, 6.45) is 15.6. The topological polar surface area (TPSA) is 361 Å². The summed E-state index contributed by atoms with van der Waals surface area (Å²) < 4.78 is 122. The average molecular weight is 1960 g/mol. The summed E-state index contributed by atoms with van der Waals surface area (Å²) in [5.74, 6) is -1.90. The first-order valence-electron chi connectivity index (χ1n) is 45.6. The third kappa shape index (κ3) is 22.0. The molecule has 136 heavy (non-hydrogen) atoms. The number of fused-ring (bicyclic) bond motifs is 4. The maximum absolute atomic E-state index is 15.4. The lowest BCUT2D eigenvalue weighted by atomic mass is 9.93. The van der Waals surface area contributed by atoms with Crippen LogP contribution in [-0.2, 0) is 0 Å². The van der Waals surface area contributed by atoms with Crippen molar-refractivity contribution in [3.8, 4) is 23.0 Å². The molecule has 6 atom stereocenters. The summed E-state index contributed by atoms with van der Waals surface area (Å²) >= 11 is 25.2. The summed E-state index contributed by atoms with van der Waals surface area (Å²) in [4.78, 5) is 91.6. The maximum atomic E-state index is 15.4. The van der Waals surface area contributed by atoms with Crippen molar-refractivity contribution in [2.45, 2.75) is 256 Å². The van der Waals surface area contributed by atoms with Gasteiger partial charge in [0.2, 0.25) is 0 Å². The minimum absolute atomic E-state index is 0.00280. The van der Waals surface area contributed by atoms with Crippen LogP contribution in [0.4, 0.5) is 49.6 Å². The number of piperidine rings is 2. The standard InChI is InChI=1S/2C25H30ClF2N5O2.C25H31ClFN5O2.C23H29ClFN5O2/c2*1-13(2)35-21-16(14(3)23-31-15(4)20-22(29)30-8-11-33(20)23)12-17(26)19(27)18(21)24(34)32-9-6-25(5,28)7-10-32;1-12(2)34-22-17(14(4)24-30-15(5)21-23(28)29-8-9-32(21)24)11-18(26)20(27)19(22)25(33)31-16-7-6-13(3)10-16;1-11(2)10-28-23(31)17-18(25)16(24)9-15(20(17)32-12(3)4)13(5)22-29-14(6)19-21(26)27-7-8-30(19)22/h2*8,11-14H,6-7,9-10H2,1-5H3,(H2,29,30);8-9,11-14,16H,6-7,10H2,1-5H3,(H2,28,29)(H,31,33);7-9,11-13H,10H2,1-6H3,(H2,26,27)(H,28,31)/t2*14-;13-,14+,16+;/m101./s1. The van der Waals surface area contributed by atoms with Gasteiger partial charge in [-0.15, -0.1) is 0 Å². The lowest BCUT2D eigenvalue weighted by Gasteiger charge is -2.35. The fraction of sp³-hybridized carbons (Fsp3) is 0.469. The molecule has 3 aliphatic rings. The Morgan fingerprint density at radius 1 is 0.426 bits per heavy atom. The second-order valence-corrected chi connectivity index (χ2v) is 39.0. The van der Waals surface area contributed by atoms with Crippen LogP contribution in [0.1, 0.15) is 296 Å². The number of nitrogen functional groups attached to an aromatic ring is 4. The highest BCUT2D eigenvalue weighted by Gasteiger charge is 2.41. The van der Waals surface area contributed by atoms with Crippen LogP contribution in [0.25, 0.3) is 22.1 Å². The Hall–Kier alpha value is -11.6. The zero-order valence-electron chi connectivity index (χ0n) is 80.4. The maximum Gasteiger partial charge on any atom is 0.260 e. The monoisotopic (exact) mass is 1960 g/mol. The van der Waals surface area contributed by atoms with Gasteiger partial charge < -0.3 is 62.3 Å². The molecule has 1 unspecified atom stereocenters. The van der Waals surface area contributed by atoms with Crippen molar-refractivity contribution in [3.05, 3.63) is 208 Å². The molecule has 1 aliphatic carbocycles. The Morgan fingerprint density at radius 3 is 0.934 bits per heavy atom. The molecule has 3 fully saturated rings. The first-order chi connectivity index (χ1) is 63.9.